The third-order valence-corrected chi connectivity index (χ3v) is 6.66. The number of hydrogen-bond acceptors (Lipinski definition) is 4. The molecule has 150 valence electrons. The molecule has 0 N–H and O–H groups in total. The van der Waals surface area contributed by atoms with Crippen LogP contribution in [0.1, 0.15) is 16.7 Å². The Hall–Kier alpha value is -3.12. The minimum Gasteiger partial charge on any atom is -0.311 e. The highest BCUT2D eigenvalue weighted by Crippen LogP contribution is 2.30. The second-order valence-corrected chi connectivity index (χ2v) is 8.57. The van der Waals surface area contributed by atoms with Crippen molar-refractivity contribution in [2.45, 2.75) is 25.3 Å². The summed E-state index contributed by atoms with van der Waals surface area (Å²) >= 11 is 1.47. The fraction of sp³-hybridized carbons (Fsp3) is 0.208. The standard InChI is InChI=1S/C24H22N4OS/c1-16-7-8-19(13-17(16)2)20-14-22-24(25-10-12-28(22)26-20)30-15-23(29)27-11-9-18-5-3-4-6-21(18)27/h3-8,10,12-14H,9,11,15H2,1-2H3. The van der Waals surface area contributed by atoms with E-state index in [-0.39, 0.29) is 5.91 Å². The van der Waals surface area contributed by atoms with Gasteiger partial charge < -0.3 is 4.90 Å². The number of carbonyl (C=O) groups is 1. The van der Waals surface area contributed by atoms with E-state index in [1.54, 1.807) is 6.20 Å². The Morgan fingerprint density at radius 1 is 1.10 bits per heavy atom. The number of amides is 1. The molecule has 3 heterocycles. The number of benzene rings is 2. The number of rotatable bonds is 4. The molecule has 1 amide bonds. The SMILES string of the molecule is Cc1ccc(-c2cc3c(SCC(=O)N4CCc5ccccc54)nccn3n2)cc1C. The first kappa shape index (κ1) is 18.9. The summed E-state index contributed by atoms with van der Waals surface area (Å²) in [4.78, 5) is 19.3. The summed E-state index contributed by atoms with van der Waals surface area (Å²) in [5.74, 6) is 0.466. The van der Waals surface area contributed by atoms with Gasteiger partial charge in [0.05, 0.1) is 17.0 Å². The Morgan fingerprint density at radius 3 is 2.83 bits per heavy atom. The maximum absolute atomic E-state index is 12.9. The highest BCUT2D eigenvalue weighted by atomic mass is 32.2. The van der Waals surface area contributed by atoms with Gasteiger partial charge >= 0.3 is 0 Å². The number of anilines is 1. The maximum atomic E-state index is 12.9. The zero-order valence-electron chi connectivity index (χ0n) is 17.0. The second-order valence-electron chi connectivity index (χ2n) is 7.60. The largest absolute Gasteiger partial charge is 0.311 e. The monoisotopic (exact) mass is 414 g/mol. The summed E-state index contributed by atoms with van der Waals surface area (Å²) in [5.41, 5.74) is 7.71. The number of nitrogens with zero attached hydrogens (tertiary/aromatic N) is 4. The van der Waals surface area contributed by atoms with Crippen LogP contribution in [0.5, 0.6) is 0 Å². The van der Waals surface area contributed by atoms with Crippen LogP contribution in [0.3, 0.4) is 0 Å². The number of aromatic nitrogens is 3. The molecule has 0 atom stereocenters. The molecule has 0 aliphatic carbocycles. The fourth-order valence-electron chi connectivity index (χ4n) is 3.86. The molecular formula is C24H22N4OS. The van der Waals surface area contributed by atoms with Gasteiger partial charge in [-0.2, -0.15) is 5.10 Å². The Kier molecular flexibility index (Phi) is 4.79. The highest BCUT2D eigenvalue weighted by molar-refractivity contribution is 8.00. The van der Waals surface area contributed by atoms with Crippen LogP contribution in [0.4, 0.5) is 5.69 Å². The van der Waals surface area contributed by atoms with E-state index in [9.17, 15) is 4.79 Å². The third kappa shape index (κ3) is 3.37. The van der Waals surface area contributed by atoms with Crippen LogP contribution in [0.15, 0.2) is 66.0 Å². The van der Waals surface area contributed by atoms with E-state index in [4.69, 9.17) is 5.10 Å². The predicted octanol–water partition coefficient (Wildman–Crippen LogP) is 4.69. The van der Waals surface area contributed by atoms with E-state index in [1.807, 2.05) is 33.8 Å². The molecular weight excluding hydrogens is 392 g/mol. The molecule has 0 fully saturated rings. The second kappa shape index (κ2) is 7.61. The van der Waals surface area contributed by atoms with E-state index in [1.165, 1.54) is 28.5 Å². The molecule has 30 heavy (non-hydrogen) atoms. The lowest BCUT2D eigenvalue weighted by Gasteiger charge is -2.16. The Morgan fingerprint density at radius 2 is 1.97 bits per heavy atom. The molecule has 5 nitrogen and oxygen atoms in total. The quantitative estimate of drug-likeness (QED) is 0.455. The Balaban J connectivity index is 1.38. The number of fused-ring (bicyclic) bond motifs is 2. The van der Waals surface area contributed by atoms with Crippen LogP contribution in [-0.4, -0.2) is 32.8 Å². The van der Waals surface area contributed by atoms with Gasteiger partial charge in [0.2, 0.25) is 5.91 Å². The molecule has 6 heteroatoms. The number of thioether (sulfide) groups is 1. The van der Waals surface area contributed by atoms with E-state index in [0.29, 0.717) is 5.75 Å². The molecule has 0 spiro atoms. The highest BCUT2D eigenvalue weighted by Gasteiger charge is 2.24. The molecule has 1 aliphatic rings. The minimum absolute atomic E-state index is 0.114. The molecule has 4 aromatic rings. The van der Waals surface area contributed by atoms with Crippen LogP contribution in [0.25, 0.3) is 16.8 Å². The number of hydrogen-bond donors (Lipinski definition) is 0. The number of para-hydroxylation sites is 1. The average molecular weight is 415 g/mol. The van der Waals surface area contributed by atoms with Crippen molar-refractivity contribution >= 4 is 28.9 Å². The van der Waals surface area contributed by atoms with Crippen LogP contribution in [0, 0.1) is 13.8 Å². The van der Waals surface area contributed by atoms with Crippen molar-refractivity contribution in [1.29, 1.82) is 0 Å². The van der Waals surface area contributed by atoms with E-state index in [0.717, 1.165) is 40.5 Å². The van der Waals surface area contributed by atoms with Crippen LogP contribution in [-0.2, 0) is 11.2 Å². The molecule has 0 radical (unpaired) electrons. The molecule has 2 aromatic heterocycles. The van der Waals surface area contributed by atoms with E-state index < -0.39 is 0 Å². The number of carbonyl (C=O) groups excluding carboxylic acids is 1. The molecule has 0 saturated heterocycles. The van der Waals surface area contributed by atoms with Gasteiger partial charge in [-0.15, -0.1) is 0 Å². The van der Waals surface area contributed by atoms with Crippen molar-refractivity contribution in [2.75, 3.05) is 17.2 Å². The summed E-state index contributed by atoms with van der Waals surface area (Å²) in [6.45, 7) is 4.97. The molecule has 0 unspecified atom stereocenters. The van der Waals surface area contributed by atoms with Gasteiger partial charge in [0.1, 0.15) is 5.03 Å². The van der Waals surface area contributed by atoms with Gasteiger partial charge in [-0.1, -0.05) is 42.1 Å². The van der Waals surface area contributed by atoms with Crippen molar-refractivity contribution in [2.24, 2.45) is 0 Å². The lowest BCUT2D eigenvalue weighted by Crippen LogP contribution is -2.30. The minimum atomic E-state index is 0.114. The summed E-state index contributed by atoms with van der Waals surface area (Å²) in [6.07, 6.45) is 4.51. The smallest absolute Gasteiger partial charge is 0.237 e. The van der Waals surface area contributed by atoms with Crippen molar-refractivity contribution in [3.63, 3.8) is 0 Å². The topological polar surface area (TPSA) is 50.5 Å². The van der Waals surface area contributed by atoms with Gasteiger partial charge in [-0.25, -0.2) is 9.50 Å². The third-order valence-electron chi connectivity index (χ3n) is 5.68. The first-order chi connectivity index (χ1) is 14.6. The predicted molar refractivity (Wildman–Crippen MR) is 121 cm³/mol. The summed E-state index contributed by atoms with van der Waals surface area (Å²) in [5, 5.41) is 5.54. The zero-order valence-corrected chi connectivity index (χ0v) is 17.8. The summed E-state index contributed by atoms with van der Waals surface area (Å²) in [7, 11) is 0. The van der Waals surface area contributed by atoms with Crippen LogP contribution < -0.4 is 4.90 Å². The van der Waals surface area contributed by atoms with Gasteiger partial charge in [-0.3, -0.25) is 4.79 Å². The first-order valence-electron chi connectivity index (χ1n) is 10.0. The lowest BCUT2D eigenvalue weighted by atomic mass is 10.0. The molecule has 0 bridgehead atoms. The number of aryl methyl sites for hydroxylation is 2. The lowest BCUT2D eigenvalue weighted by molar-refractivity contribution is -0.116. The maximum Gasteiger partial charge on any atom is 0.237 e. The Bertz CT molecular complexity index is 1260. The first-order valence-corrected chi connectivity index (χ1v) is 11.0. The van der Waals surface area contributed by atoms with Crippen molar-refractivity contribution in [3.8, 4) is 11.3 Å². The van der Waals surface area contributed by atoms with E-state index in [2.05, 4.69) is 49.2 Å². The van der Waals surface area contributed by atoms with Gasteiger partial charge in [-0.05, 0) is 55.2 Å². The van der Waals surface area contributed by atoms with Crippen molar-refractivity contribution < 1.29 is 4.79 Å². The van der Waals surface area contributed by atoms with Crippen molar-refractivity contribution in [1.82, 2.24) is 14.6 Å². The molecule has 1 aliphatic heterocycles. The fourth-order valence-corrected chi connectivity index (χ4v) is 4.71. The summed E-state index contributed by atoms with van der Waals surface area (Å²) in [6, 6.07) is 16.6. The van der Waals surface area contributed by atoms with Crippen LogP contribution in [0.2, 0.25) is 0 Å². The average Bonchev–Trinajstić information content (AvgIpc) is 3.38. The zero-order chi connectivity index (χ0) is 20.7. The summed E-state index contributed by atoms with van der Waals surface area (Å²) < 4.78 is 1.84. The van der Waals surface area contributed by atoms with Gasteiger partial charge in [0, 0.05) is 30.2 Å². The molecule has 5 rings (SSSR count). The van der Waals surface area contributed by atoms with Crippen LogP contribution >= 0.6 is 11.8 Å². The normalized spacial score (nSPS) is 13.1. The Labute approximate surface area is 179 Å². The van der Waals surface area contributed by atoms with Crippen molar-refractivity contribution in [3.05, 3.63) is 77.6 Å². The van der Waals surface area contributed by atoms with E-state index >= 15 is 0 Å². The van der Waals surface area contributed by atoms with Gasteiger partial charge in [0.25, 0.3) is 0 Å². The molecule has 0 saturated carbocycles. The van der Waals surface area contributed by atoms with Gasteiger partial charge in [0.15, 0.2) is 0 Å². The molecule has 2 aromatic carbocycles.